The van der Waals surface area contributed by atoms with Crippen LogP contribution in [0.25, 0.3) is 10.9 Å². The molecule has 0 aliphatic heterocycles. The normalized spacial score (nSPS) is 12.2. The van der Waals surface area contributed by atoms with Gasteiger partial charge in [-0.3, -0.25) is 10.7 Å². The lowest BCUT2D eigenvalue weighted by Crippen LogP contribution is -2.00. The SMILES string of the molecule is C/C=C\C(=C/COO)Cn1ccc2cc(C(=N)N=N)ccc21. The predicted molar refractivity (Wildman–Crippen MR) is 85.4 cm³/mol. The van der Waals surface area contributed by atoms with Crippen molar-refractivity contribution in [2.75, 3.05) is 6.61 Å². The van der Waals surface area contributed by atoms with Crippen molar-refractivity contribution < 1.29 is 10.1 Å². The Morgan fingerprint density at radius 3 is 2.91 bits per heavy atom. The highest BCUT2D eigenvalue weighted by atomic mass is 17.1. The van der Waals surface area contributed by atoms with Gasteiger partial charge in [0, 0.05) is 29.2 Å². The molecule has 0 saturated carbocycles. The molecular weight excluding hydrogens is 280 g/mol. The summed E-state index contributed by atoms with van der Waals surface area (Å²) in [6.45, 7) is 2.73. The molecule has 3 N–H and O–H groups in total. The molecule has 2 aromatic rings. The van der Waals surface area contributed by atoms with Gasteiger partial charge >= 0.3 is 0 Å². The van der Waals surface area contributed by atoms with E-state index in [0.717, 1.165) is 16.5 Å². The average molecular weight is 298 g/mol. The molecule has 1 heterocycles. The predicted octanol–water partition coefficient (Wildman–Crippen LogP) is 3.99. The van der Waals surface area contributed by atoms with Crippen LogP contribution in [0.2, 0.25) is 0 Å². The molecular formula is C16H18N4O2. The topological polar surface area (TPSA) is 94.4 Å². The highest BCUT2D eigenvalue weighted by molar-refractivity contribution is 5.99. The maximum Gasteiger partial charge on any atom is 0.173 e. The van der Waals surface area contributed by atoms with Crippen molar-refractivity contribution in [2.24, 2.45) is 5.11 Å². The van der Waals surface area contributed by atoms with Crippen LogP contribution in [-0.4, -0.2) is 22.3 Å². The van der Waals surface area contributed by atoms with E-state index in [9.17, 15) is 0 Å². The highest BCUT2D eigenvalue weighted by Gasteiger charge is 2.06. The summed E-state index contributed by atoms with van der Waals surface area (Å²) >= 11 is 0. The van der Waals surface area contributed by atoms with Gasteiger partial charge < -0.3 is 4.57 Å². The van der Waals surface area contributed by atoms with Gasteiger partial charge in [-0.25, -0.2) is 10.4 Å². The summed E-state index contributed by atoms with van der Waals surface area (Å²) in [6, 6.07) is 7.52. The van der Waals surface area contributed by atoms with E-state index >= 15 is 0 Å². The molecule has 22 heavy (non-hydrogen) atoms. The van der Waals surface area contributed by atoms with E-state index in [-0.39, 0.29) is 12.4 Å². The molecule has 0 unspecified atom stereocenters. The number of hydrogen-bond acceptors (Lipinski definition) is 4. The molecule has 0 spiro atoms. The second kappa shape index (κ2) is 7.44. The number of amidine groups is 1. The smallest absolute Gasteiger partial charge is 0.173 e. The van der Waals surface area contributed by atoms with E-state index in [4.69, 9.17) is 16.2 Å². The third kappa shape index (κ3) is 3.55. The Hall–Kier alpha value is -2.57. The van der Waals surface area contributed by atoms with E-state index in [0.29, 0.717) is 12.1 Å². The molecule has 0 amide bonds. The zero-order valence-corrected chi connectivity index (χ0v) is 12.3. The average Bonchev–Trinajstić information content (AvgIpc) is 2.94. The fraction of sp³-hybridized carbons (Fsp3) is 0.188. The third-order valence-corrected chi connectivity index (χ3v) is 3.31. The van der Waals surface area contributed by atoms with Crippen LogP contribution in [-0.2, 0) is 11.4 Å². The number of fused-ring (bicyclic) bond motifs is 1. The summed E-state index contributed by atoms with van der Waals surface area (Å²) in [6.07, 6.45) is 7.68. The second-order valence-electron chi connectivity index (χ2n) is 4.75. The van der Waals surface area contributed by atoms with Crippen molar-refractivity contribution >= 4 is 16.7 Å². The Bertz CT molecular complexity index is 744. The Balaban J connectivity index is 2.32. The Morgan fingerprint density at radius 2 is 2.23 bits per heavy atom. The number of nitrogens with one attached hydrogen (secondary N) is 2. The summed E-state index contributed by atoms with van der Waals surface area (Å²) in [7, 11) is 0. The van der Waals surface area contributed by atoms with E-state index < -0.39 is 0 Å². The molecule has 0 aliphatic carbocycles. The van der Waals surface area contributed by atoms with Gasteiger partial charge in [0.25, 0.3) is 0 Å². The maximum absolute atomic E-state index is 8.47. The van der Waals surface area contributed by atoms with Crippen LogP contribution >= 0.6 is 0 Å². The Kier molecular flexibility index (Phi) is 5.35. The molecule has 0 bridgehead atoms. The van der Waals surface area contributed by atoms with Crippen molar-refractivity contribution in [3.05, 3.63) is 59.8 Å². The number of nitrogens with zero attached hydrogens (tertiary/aromatic N) is 2. The molecule has 2 rings (SSSR count). The van der Waals surface area contributed by atoms with Crippen molar-refractivity contribution in [1.29, 1.82) is 10.9 Å². The Morgan fingerprint density at radius 1 is 1.41 bits per heavy atom. The number of rotatable bonds is 6. The molecule has 0 fully saturated rings. The minimum Gasteiger partial charge on any atom is -0.343 e. The van der Waals surface area contributed by atoms with Crippen LogP contribution in [0.15, 0.2) is 59.4 Å². The minimum absolute atomic E-state index is 0.0516. The van der Waals surface area contributed by atoms with E-state index in [1.54, 1.807) is 6.07 Å². The van der Waals surface area contributed by atoms with Gasteiger partial charge in [-0.05, 0) is 36.8 Å². The van der Waals surface area contributed by atoms with Crippen molar-refractivity contribution in [3.8, 4) is 0 Å². The number of aromatic nitrogens is 1. The standard InChI is InChI=1S/C16H18N4O2/c1-2-3-12(7-9-22-21)11-20-8-6-13-10-14(16(17)19-18)4-5-15(13)20/h2-8,10,17-18,21H,9,11H2,1H3/b3-2-,12-7+,17-16?,19-18?. The van der Waals surface area contributed by atoms with Gasteiger partial charge in [0.1, 0.15) is 6.61 Å². The maximum atomic E-state index is 8.47. The first-order valence-corrected chi connectivity index (χ1v) is 6.83. The van der Waals surface area contributed by atoms with Crippen LogP contribution < -0.4 is 0 Å². The molecule has 6 nitrogen and oxygen atoms in total. The molecule has 1 aromatic heterocycles. The quantitative estimate of drug-likeness (QED) is 0.188. The number of allylic oxidation sites excluding steroid dienone is 3. The van der Waals surface area contributed by atoms with Crippen LogP contribution in [0.5, 0.6) is 0 Å². The lowest BCUT2D eigenvalue weighted by Gasteiger charge is -2.07. The van der Waals surface area contributed by atoms with Crippen LogP contribution in [0.3, 0.4) is 0 Å². The summed E-state index contributed by atoms with van der Waals surface area (Å²) in [5.74, 6) is -0.0516. The number of hydrogen-bond donors (Lipinski definition) is 3. The van der Waals surface area contributed by atoms with Crippen LogP contribution in [0.1, 0.15) is 12.5 Å². The monoisotopic (exact) mass is 298 g/mol. The lowest BCUT2D eigenvalue weighted by atomic mass is 10.1. The second-order valence-corrected chi connectivity index (χ2v) is 4.75. The Labute approximate surface area is 128 Å². The zero-order valence-electron chi connectivity index (χ0n) is 12.3. The van der Waals surface area contributed by atoms with Gasteiger partial charge in [0.2, 0.25) is 0 Å². The summed E-state index contributed by atoms with van der Waals surface area (Å²) in [4.78, 5) is 4.11. The molecule has 114 valence electrons. The van der Waals surface area contributed by atoms with Crippen LogP contribution in [0, 0.1) is 10.9 Å². The minimum atomic E-state index is -0.0516. The zero-order chi connectivity index (χ0) is 15.9. The molecule has 0 radical (unpaired) electrons. The van der Waals surface area contributed by atoms with E-state index in [1.165, 1.54) is 0 Å². The first kappa shape index (κ1) is 15.8. The fourth-order valence-corrected chi connectivity index (χ4v) is 2.29. The molecule has 6 heteroatoms. The molecule has 0 aliphatic rings. The van der Waals surface area contributed by atoms with Crippen molar-refractivity contribution in [2.45, 2.75) is 13.5 Å². The van der Waals surface area contributed by atoms with E-state index in [2.05, 4.69) is 14.6 Å². The fourth-order valence-electron chi connectivity index (χ4n) is 2.29. The molecule has 0 saturated heterocycles. The third-order valence-electron chi connectivity index (χ3n) is 3.31. The van der Waals surface area contributed by atoms with E-state index in [1.807, 2.05) is 49.5 Å². The summed E-state index contributed by atoms with van der Waals surface area (Å²) in [5.41, 5.74) is 9.58. The lowest BCUT2D eigenvalue weighted by molar-refractivity contribution is -0.232. The van der Waals surface area contributed by atoms with Gasteiger partial charge in [0.05, 0.1) is 0 Å². The number of benzene rings is 1. The van der Waals surface area contributed by atoms with Crippen molar-refractivity contribution in [3.63, 3.8) is 0 Å². The van der Waals surface area contributed by atoms with Crippen LogP contribution in [0.4, 0.5) is 0 Å². The molecule has 0 atom stereocenters. The largest absolute Gasteiger partial charge is 0.343 e. The molecule has 1 aromatic carbocycles. The summed E-state index contributed by atoms with van der Waals surface area (Å²) < 4.78 is 2.07. The summed E-state index contributed by atoms with van der Waals surface area (Å²) in [5, 5.41) is 20.2. The van der Waals surface area contributed by atoms with Gasteiger partial charge in [0.15, 0.2) is 5.84 Å². The first-order chi connectivity index (χ1) is 10.7. The van der Waals surface area contributed by atoms with Crippen molar-refractivity contribution in [1.82, 2.24) is 4.57 Å². The van der Waals surface area contributed by atoms with Gasteiger partial charge in [-0.15, -0.1) is 5.11 Å². The van der Waals surface area contributed by atoms with Gasteiger partial charge in [-0.1, -0.05) is 18.2 Å². The first-order valence-electron chi connectivity index (χ1n) is 6.83. The van der Waals surface area contributed by atoms with Gasteiger partial charge in [-0.2, -0.15) is 0 Å². The highest BCUT2D eigenvalue weighted by Crippen LogP contribution is 2.19.